The Morgan fingerprint density at radius 2 is 1.77 bits per heavy atom. The maximum Gasteiger partial charge on any atom is 0.163 e. The molecule has 0 amide bonds. The number of ether oxygens (including phenoxy) is 1. The number of benzene rings is 2. The minimum Gasteiger partial charge on any atom is -0.489 e. The van der Waals surface area contributed by atoms with Crippen molar-refractivity contribution in [3.63, 3.8) is 0 Å². The van der Waals surface area contributed by atoms with E-state index in [0.717, 1.165) is 41.5 Å². The lowest BCUT2D eigenvalue weighted by molar-refractivity contribution is 0.0979. The van der Waals surface area contributed by atoms with E-state index in [9.17, 15) is 4.79 Å². The monoisotopic (exact) mass is 360 g/mol. The zero-order chi connectivity index (χ0) is 15.6. The molecule has 0 radical (unpaired) electrons. The molecule has 2 nitrogen and oxygen atoms in total. The molecule has 0 heterocycles. The fourth-order valence-electron chi connectivity index (χ4n) is 2.20. The second-order valence-electron chi connectivity index (χ2n) is 5.22. The molecular weight excluding hydrogens is 340 g/mol. The summed E-state index contributed by atoms with van der Waals surface area (Å²) in [6.07, 6.45) is 3.75. The third kappa shape index (κ3) is 5.64. The minimum atomic E-state index is 0.194. The number of Topliss-reactive ketones (excluding diaryl/α,β-unsaturated/α-hetero) is 1. The first-order chi connectivity index (χ1) is 10.8. The van der Waals surface area contributed by atoms with Gasteiger partial charge in [0.2, 0.25) is 0 Å². The predicted octanol–water partition coefficient (Wildman–Crippen LogP) is 5.40. The zero-order valence-electron chi connectivity index (χ0n) is 12.6. The number of rotatable bonds is 9. The Morgan fingerprint density at radius 3 is 2.55 bits per heavy atom. The molecule has 2 aromatic carbocycles. The SMILES string of the molecule is O=C(CCCCCBr)c1cccc(OCc2ccccc2)c1. The summed E-state index contributed by atoms with van der Waals surface area (Å²) in [5.41, 5.74) is 1.86. The van der Waals surface area contributed by atoms with Gasteiger partial charge in [-0.1, -0.05) is 64.8 Å². The van der Waals surface area contributed by atoms with E-state index in [1.54, 1.807) is 0 Å². The highest BCUT2D eigenvalue weighted by Gasteiger charge is 2.07. The number of hydrogen-bond donors (Lipinski definition) is 0. The average Bonchev–Trinajstić information content (AvgIpc) is 2.58. The highest BCUT2D eigenvalue weighted by Crippen LogP contribution is 2.17. The van der Waals surface area contributed by atoms with Crippen LogP contribution in [-0.2, 0) is 6.61 Å². The van der Waals surface area contributed by atoms with E-state index in [1.807, 2.05) is 54.6 Å². The van der Waals surface area contributed by atoms with Crippen molar-refractivity contribution in [1.82, 2.24) is 0 Å². The van der Waals surface area contributed by atoms with Crippen LogP contribution in [0.15, 0.2) is 54.6 Å². The number of halogens is 1. The lowest BCUT2D eigenvalue weighted by atomic mass is 10.0. The molecule has 0 aliphatic carbocycles. The molecule has 3 heteroatoms. The van der Waals surface area contributed by atoms with Crippen LogP contribution in [0.2, 0.25) is 0 Å². The maximum absolute atomic E-state index is 12.2. The Hall–Kier alpha value is -1.61. The lowest BCUT2D eigenvalue weighted by Gasteiger charge is -2.08. The Balaban J connectivity index is 1.87. The number of unbranched alkanes of at least 4 members (excludes halogenated alkanes) is 2. The molecule has 116 valence electrons. The number of ketones is 1. The molecule has 0 unspecified atom stereocenters. The van der Waals surface area contributed by atoms with E-state index in [2.05, 4.69) is 15.9 Å². The average molecular weight is 361 g/mol. The highest BCUT2D eigenvalue weighted by atomic mass is 79.9. The topological polar surface area (TPSA) is 26.3 Å². The van der Waals surface area contributed by atoms with E-state index >= 15 is 0 Å². The van der Waals surface area contributed by atoms with Crippen molar-refractivity contribution in [1.29, 1.82) is 0 Å². The molecule has 0 spiro atoms. The van der Waals surface area contributed by atoms with Crippen molar-refractivity contribution in [3.05, 3.63) is 65.7 Å². The normalized spacial score (nSPS) is 10.4. The summed E-state index contributed by atoms with van der Waals surface area (Å²) >= 11 is 3.41. The molecule has 22 heavy (non-hydrogen) atoms. The molecule has 0 atom stereocenters. The molecule has 0 saturated carbocycles. The number of alkyl halides is 1. The van der Waals surface area contributed by atoms with Gasteiger partial charge in [0.05, 0.1) is 0 Å². The molecule has 2 rings (SSSR count). The standard InChI is InChI=1S/C19H21BrO2/c20-13-6-2-5-12-19(21)17-10-7-11-18(14-17)22-15-16-8-3-1-4-9-16/h1,3-4,7-11,14H,2,5-6,12-13,15H2. The first kappa shape index (κ1) is 16.8. The highest BCUT2D eigenvalue weighted by molar-refractivity contribution is 9.09. The molecule has 0 bridgehead atoms. The van der Waals surface area contributed by atoms with Crippen molar-refractivity contribution in [2.24, 2.45) is 0 Å². The molecule has 0 saturated heterocycles. The number of hydrogen-bond acceptors (Lipinski definition) is 2. The molecular formula is C19H21BrO2. The zero-order valence-corrected chi connectivity index (χ0v) is 14.2. The van der Waals surface area contributed by atoms with Crippen LogP contribution in [0.3, 0.4) is 0 Å². The summed E-state index contributed by atoms with van der Waals surface area (Å²) in [6.45, 7) is 0.518. The Labute approximate surface area is 140 Å². The van der Waals surface area contributed by atoms with Gasteiger partial charge in [-0.25, -0.2) is 0 Å². The summed E-state index contributed by atoms with van der Waals surface area (Å²) in [5, 5.41) is 1.00. The van der Waals surface area contributed by atoms with Gasteiger partial charge in [0, 0.05) is 17.3 Å². The summed E-state index contributed by atoms with van der Waals surface area (Å²) < 4.78 is 5.77. The molecule has 0 fully saturated rings. The Bertz CT molecular complexity index is 581. The van der Waals surface area contributed by atoms with Gasteiger partial charge in [-0.3, -0.25) is 4.79 Å². The predicted molar refractivity (Wildman–Crippen MR) is 93.8 cm³/mol. The van der Waals surface area contributed by atoms with Crippen LogP contribution < -0.4 is 4.74 Å². The second-order valence-corrected chi connectivity index (χ2v) is 6.02. The van der Waals surface area contributed by atoms with Crippen LogP contribution in [0, 0.1) is 0 Å². The first-order valence-corrected chi connectivity index (χ1v) is 8.77. The van der Waals surface area contributed by atoms with E-state index in [0.29, 0.717) is 13.0 Å². The summed E-state index contributed by atoms with van der Waals surface area (Å²) in [7, 11) is 0. The smallest absolute Gasteiger partial charge is 0.163 e. The number of carbonyl (C=O) groups is 1. The van der Waals surface area contributed by atoms with Crippen LogP contribution in [0.5, 0.6) is 5.75 Å². The summed E-state index contributed by atoms with van der Waals surface area (Å²) in [6, 6.07) is 17.5. The van der Waals surface area contributed by atoms with E-state index in [-0.39, 0.29) is 5.78 Å². The fraction of sp³-hybridized carbons (Fsp3) is 0.316. The quantitative estimate of drug-likeness (QED) is 0.339. The molecule has 2 aromatic rings. The molecule has 0 N–H and O–H groups in total. The summed E-state index contributed by atoms with van der Waals surface area (Å²) in [4.78, 5) is 12.2. The Kier molecular flexibility index (Phi) is 7.17. The van der Waals surface area contributed by atoms with E-state index in [4.69, 9.17) is 4.74 Å². The Morgan fingerprint density at radius 1 is 0.955 bits per heavy atom. The van der Waals surface area contributed by atoms with Crippen LogP contribution in [-0.4, -0.2) is 11.1 Å². The third-order valence-corrected chi connectivity index (χ3v) is 4.00. The second kappa shape index (κ2) is 9.42. The third-order valence-electron chi connectivity index (χ3n) is 3.44. The van der Waals surface area contributed by atoms with Crippen molar-refractivity contribution < 1.29 is 9.53 Å². The lowest BCUT2D eigenvalue weighted by Crippen LogP contribution is -2.01. The van der Waals surface area contributed by atoms with E-state index < -0.39 is 0 Å². The first-order valence-electron chi connectivity index (χ1n) is 7.65. The van der Waals surface area contributed by atoms with Crippen LogP contribution >= 0.6 is 15.9 Å². The van der Waals surface area contributed by atoms with Crippen LogP contribution in [0.4, 0.5) is 0 Å². The van der Waals surface area contributed by atoms with Crippen molar-refractivity contribution in [2.45, 2.75) is 32.3 Å². The van der Waals surface area contributed by atoms with Gasteiger partial charge in [-0.05, 0) is 30.5 Å². The van der Waals surface area contributed by atoms with Crippen molar-refractivity contribution in [3.8, 4) is 5.75 Å². The maximum atomic E-state index is 12.2. The minimum absolute atomic E-state index is 0.194. The van der Waals surface area contributed by atoms with Crippen molar-refractivity contribution >= 4 is 21.7 Å². The molecule has 0 aliphatic heterocycles. The fourth-order valence-corrected chi connectivity index (χ4v) is 2.60. The van der Waals surface area contributed by atoms with E-state index in [1.165, 1.54) is 0 Å². The summed E-state index contributed by atoms with van der Waals surface area (Å²) in [5.74, 6) is 0.940. The van der Waals surface area contributed by atoms with Crippen LogP contribution in [0.25, 0.3) is 0 Å². The number of carbonyl (C=O) groups excluding carboxylic acids is 1. The largest absolute Gasteiger partial charge is 0.489 e. The van der Waals surface area contributed by atoms with Gasteiger partial charge in [0.25, 0.3) is 0 Å². The van der Waals surface area contributed by atoms with Gasteiger partial charge < -0.3 is 4.74 Å². The van der Waals surface area contributed by atoms with Gasteiger partial charge in [0.1, 0.15) is 12.4 Å². The van der Waals surface area contributed by atoms with Crippen LogP contribution in [0.1, 0.15) is 41.6 Å². The van der Waals surface area contributed by atoms with Gasteiger partial charge in [0.15, 0.2) is 5.78 Å². The molecule has 0 aliphatic rings. The van der Waals surface area contributed by atoms with Gasteiger partial charge in [-0.2, -0.15) is 0 Å². The van der Waals surface area contributed by atoms with Gasteiger partial charge >= 0.3 is 0 Å². The molecule has 0 aromatic heterocycles. The van der Waals surface area contributed by atoms with Gasteiger partial charge in [-0.15, -0.1) is 0 Å². The van der Waals surface area contributed by atoms with Crippen molar-refractivity contribution in [2.75, 3.05) is 5.33 Å².